The first-order valence-electron chi connectivity index (χ1n) is 5.20. The van der Waals surface area contributed by atoms with Gasteiger partial charge in [0.1, 0.15) is 16.7 Å². The molecule has 5 N–H and O–H groups in total. The Bertz CT molecular complexity index is 416. The van der Waals surface area contributed by atoms with E-state index in [1.54, 1.807) is 5.38 Å². The van der Waals surface area contributed by atoms with Crippen LogP contribution >= 0.6 is 11.3 Å². The number of primary amides is 1. The van der Waals surface area contributed by atoms with E-state index in [4.69, 9.17) is 11.5 Å². The summed E-state index contributed by atoms with van der Waals surface area (Å²) in [5.74, 6) is -1.02. The fraction of sp³-hybridized carbons (Fsp3) is 0.500. The van der Waals surface area contributed by atoms with Gasteiger partial charge < -0.3 is 16.8 Å². The maximum atomic E-state index is 11.8. The average molecular weight is 256 g/mol. The van der Waals surface area contributed by atoms with E-state index in [-0.39, 0.29) is 11.6 Å². The molecule has 1 unspecified atom stereocenters. The molecular formula is C10H16N4O2S. The molecule has 7 heteroatoms. The lowest BCUT2D eigenvalue weighted by Crippen LogP contribution is -2.47. The summed E-state index contributed by atoms with van der Waals surface area (Å²) in [6.07, 6.45) is 0. The summed E-state index contributed by atoms with van der Waals surface area (Å²) >= 11 is 1.31. The van der Waals surface area contributed by atoms with Crippen LogP contribution in [0.5, 0.6) is 0 Å². The van der Waals surface area contributed by atoms with Crippen LogP contribution in [0.25, 0.3) is 0 Å². The second kappa shape index (κ2) is 5.74. The number of nitrogens with one attached hydrogen (secondary N) is 1. The highest BCUT2D eigenvalue weighted by Gasteiger charge is 2.23. The van der Waals surface area contributed by atoms with E-state index in [0.717, 1.165) is 0 Å². The molecule has 0 saturated carbocycles. The molecule has 2 amide bonds. The Labute approximate surface area is 103 Å². The van der Waals surface area contributed by atoms with E-state index in [2.05, 4.69) is 10.3 Å². The third kappa shape index (κ3) is 3.50. The highest BCUT2D eigenvalue weighted by Crippen LogP contribution is 2.10. The highest BCUT2D eigenvalue weighted by atomic mass is 32.1. The van der Waals surface area contributed by atoms with Crippen molar-refractivity contribution in [1.29, 1.82) is 0 Å². The van der Waals surface area contributed by atoms with Crippen LogP contribution in [-0.2, 0) is 11.3 Å². The third-order valence-electron chi connectivity index (χ3n) is 2.22. The minimum atomic E-state index is -0.689. The number of nitrogens with zero attached hydrogens (tertiary/aromatic N) is 1. The summed E-state index contributed by atoms with van der Waals surface area (Å²) < 4.78 is 0. The molecule has 0 spiro atoms. The average Bonchev–Trinajstić information content (AvgIpc) is 2.73. The van der Waals surface area contributed by atoms with Crippen LogP contribution in [-0.4, -0.2) is 22.8 Å². The monoisotopic (exact) mass is 256 g/mol. The Balaban J connectivity index is 2.73. The van der Waals surface area contributed by atoms with Crippen molar-refractivity contribution in [1.82, 2.24) is 10.3 Å². The predicted molar refractivity (Wildman–Crippen MR) is 65.3 cm³/mol. The first-order chi connectivity index (χ1) is 7.95. The van der Waals surface area contributed by atoms with Crippen molar-refractivity contribution in [3.05, 3.63) is 16.1 Å². The predicted octanol–water partition coefficient (Wildman–Crippen LogP) is -0.158. The number of hydrogen-bond acceptors (Lipinski definition) is 5. The summed E-state index contributed by atoms with van der Waals surface area (Å²) in [5, 5.41) is 4.84. The lowest BCUT2D eigenvalue weighted by Gasteiger charge is -2.18. The molecule has 0 bridgehead atoms. The molecule has 0 aromatic carbocycles. The van der Waals surface area contributed by atoms with Gasteiger partial charge in [0.05, 0.1) is 0 Å². The first-order valence-corrected chi connectivity index (χ1v) is 6.08. The lowest BCUT2D eigenvalue weighted by molar-refractivity contribution is -0.120. The van der Waals surface area contributed by atoms with E-state index in [1.807, 2.05) is 13.8 Å². The van der Waals surface area contributed by atoms with Crippen LogP contribution in [0.4, 0.5) is 0 Å². The standard InChI is InChI=1S/C10H16N4O2S/c1-5(2)8(9(12)15)14-10(16)6-4-17-7(3-11)13-6/h4-5,8H,3,11H2,1-2H3,(H2,12,15)(H,14,16). The van der Waals surface area contributed by atoms with Crippen LogP contribution in [0, 0.1) is 5.92 Å². The minimum Gasteiger partial charge on any atom is -0.368 e. The van der Waals surface area contributed by atoms with E-state index in [0.29, 0.717) is 11.6 Å². The Hall–Kier alpha value is -1.47. The summed E-state index contributed by atoms with van der Waals surface area (Å²) in [6.45, 7) is 3.91. The number of carbonyl (C=O) groups is 2. The zero-order chi connectivity index (χ0) is 13.0. The number of hydrogen-bond donors (Lipinski definition) is 3. The van der Waals surface area contributed by atoms with E-state index >= 15 is 0 Å². The Morgan fingerprint density at radius 2 is 2.18 bits per heavy atom. The van der Waals surface area contributed by atoms with Gasteiger partial charge in [0, 0.05) is 11.9 Å². The maximum Gasteiger partial charge on any atom is 0.271 e. The van der Waals surface area contributed by atoms with Gasteiger partial charge in [-0.2, -0.15) is 0 Å². The van der Waals surface area contributed by atoms with Gasteiger partial charge in [-0.05, 0) is 5.92 Å². The minimum absolute atomic E-state index is 0.0657. The van der Waals surface area contributed by atoms with Crippen molar-refractivity contribution in [3.8, 4) is 0 Å². The third-order valence-corrected chi connectivity index (χ3v) is 3.09. The van der Waals surface area contributed by atoms with Crippen LogP contribution < -0.4 is 16.8 Å². The molecule has 0 aliphatic carbocycles. The van der Waals surface area contributed by atoms with Gasteiger partial charge in [0.2, 0.25) is 5.91 Å². The Morgan fingerprint density at radius 3 is 2.59 bits per heavy atom. The number of nitrogens with two attached hydrogens (primary N) is 2. The molecule has 1 aromatic rings. The normalized spacial score (nSPS) is 12.5. The summed E-state index contributed by atoms with van der Waals surface area (Å²) in [7, 11) is 0. The lowest BCUT2D eigenvalue weighted by atomic mass is 10.0. The molecule has 94 valence electrons. The van der Waals surface area contributed by atoms with Crippen LogP contribution in [0.3, 0.4) is 0 Å². The Kier molecular flexibility index (Phi) is 4.59. The number of amides is 2. The van der Waals surface area contributed by atoms with Crippen LogP contribution in [0.1, 0.15) is 29.3 Å². The number of aromatic nitrogens is 1. The van der Waals surface area contributed by atoms with E-state index < -0.39 is 17.9 Å². The van der Waals surface area contributed by atoms with Crippen molar-refractivity contribution >= 4 is 23.2 Å². The van der Waals surface area contributed by atoms with E-state index in [9.17, 15) is 9.59 Å². The van der Waals surface area contributed by atoms with Crippen molar-refractivity contribution in [2.45, 2.75) is 26.4 Å². The van der Waals surface area contributed by atoms with Gasteiger partial charge in [-0.25, -0.2) is 4.98 Å². The largest absolute Gasteiger partial charge is 0.368 e. The summed E-state index contributed by atoms with van der Waals surface area (Å²) in [5.41, 5.74) is 10.9. The maximum absolute atomic E-state index is 11.8. The second-order valence-corrected chi connectivity index (χ2v) is 4.87. The summed E-state index contributed by atoms with van der Waals surface area (Å²) in [6, 6.07) is -0.689. The smallest absolute Gasteiger partial charge is 0.271 e. The van der Waals surface area contributed by atoms with Gasteiger partial charge in [0.15, 0.2) is 0 Å². The second-order valence-electron chi connectivity index (χ2n) is 3.93. The SMILES string of the molecule is CC(C)C(NC(=O)c1csc(CN)n1)C(N)=O. The van der Waals surface area contributed by atoms with Gasteiger partial charge >= 0.3 is 0 Å². The molecule has 0 fully saturated rings. The first kappa shape index (κ1) is 13.6. The molecule has 0 saturated heterocycles. The molecule has 1 heterocycles. The van der Waals surface area contributed by atoms with Crippen LogP contribution in [0.2, 0.25) is 0 Å². The number of rotatable bonds is 5. The molecule has 6 nitrogen and oxygen atoms in total. The van der Waals surface area contributed by atoms with Crippen molar-refractivity contribution in [2.75, 3.05) is 0 Å². The van der Waals surface area contributed by atoms with Gasteiger partial charge in [-0.15, -0.1) is 11.3 Å². The highest BCUT2D eigenvalue weighted by molar-refractivity contribution is 7.09. The molecular weight excluding hydrogens is 240 g/mol. The van der Waals surface area contributed by atoms with Crippen LogP contribution in [0.15, 0.2) is 5.38 Å². The van der Waals surface area contributed by atoms with Gasteiger partial charge in [-0.1, -0.05) is 13.8 Å². The number of carbonyl (C=O) groups excluding carboxylic acids is 2. The van der Waals surface area contributed by atoms with Gasteiger partial charge in [0.25, 0.3) is 5.91 Å². The Morgan fingerprint density at radius 1 is 1.53 bits per heavy atom. The summed E-state index contributed by atoms with van der Waals surface area (Å²) in [4.78, 5) is 26.9. The fourth-order valence-corrected chi connectivity index (χ4v) is 1.95. The van der Waals surface area contributed by atoms with E-state index in [1.165, 1.54) is 11.3 Å². The zero-order valence-electron chi connectivity index (χ0n) is 9.77. The zero-order valence-corrected chi connectivity index (χ0v) is 10.6. The molecule has 17 heavy (non-hydrogen) atoms. The molecule has 0 radical (unpaired) electrons. The van der Waals surface area contributed by atoms with Crippen molar-refractivity contribution < 1.29 is 9.59 Å². The number of thiazole rings is 1. The van der Waals surface area contributed by atoms with Crippen molar-refractivity contribution in [2.24, 2.45) is 17.4 Å². The quantitative estimate of drug-likeness (QED) is 0.679. The van der Waals surface area contributed by atoms with Crippen molar-refractivity contribution in [3.63, 3.8) is 0 Å². The molecule has 1 rings (SSSR count). The topological polar surface area (TPSA) is 111 Å². The van der Waals surface area contributed by atoms with Gasteiger partial charge in [-0.3, -0.25) is 9.59 Å². The molecule has 0 aliphatic rings. The molecule has 1 atom stereocenters. The molecule has 1 aromatic heterocycles. The fourth-order valence-electron chi connectivity index (χ4n) is 1.29. The molecule has 0 aliphatic heterocycles.